The molecule has 0 radical (unpaired) electrons. The van der Waals surface area contributed by atoms with Crippen LogP contribution in [0.4, 0.5) is 0 Å². The Kier molecular flexibility index (Phi) is 6.26. The van der Waals surface area contributed by atoms with Gasteiger partial charge in [-0.05, 0) is 18.6 Å². The summed E-state index contributed by atoms with van der Waals surface area (Å²) >= 11 is 0. The second-order valence-electron chi connectivity index (χ2n) is 4.64. The van der Waals surface area contributed by atoms with Gasteiger partial charge in [0.15, 0.2) is 5.78 Å². The standard InChI is InChI=1S/C15H22O3/c1-2-3-4-5-6-7-8-14(17)13-10-9-12(16)11-15(13)18/h9-11,16,18H,2-8H2,1H3. The largest absolute Gasteiger partial charge is 0.508 e. The predicted molar refractivity (Wildman–Crippen MR) is 72.1 cm³/mol. The van der Waals surface area contributed by atoms with Crippen LogP contribution in [0.5, 0.6) is 11.5 Å². The molecule has 0 aliphatic rings. The van der Waals surface area contributed by atoms with Crippen molar-refractivity contribution >= 4 is 5.78 Å². The zero-order chi connectivity index (χ0) is 13.4. The van der Waals surface area contributed by atoms with Crippen molar-refractivity contribution in [1.82, 2.24) is 0 Å². The van der Waals surface area contributed by atoms with E-state index in [1.54, 1.807) is 0 Å². The quantitative estimate of drug-likeness (QED) is 0.541. The van der Waals surface area contributed by atoms with Gasteiger partial charge in [0.2, 0.25) is 0 Å². The highest BCUT2D eigenvalue weighted by molar-refractivity contribution is 5.98. The van der Waals surface area contributed by atoms with E-state index in [-0.39, 0.29) is 17.3 Å². The maximum atomic E-state index is 11.8. The highest BCUT2D eigenvalue weighted by Gasteiger charge is 2.10. The molecule has 0 saturated heterocycles. The van der Waals surface area contributed by atoms with Crippen molar-refractivity contribution in [1.29, 1.82) is 0 Å². The first-order chi connectivity index (χ1) is 8.65. The van der Waals surface area contributed by atoms with Crippen LogP contribution in [0.1, 0.15) is 62.2 Å². The minimum Gasteiger partial charge on any atom is -0.508 e. The first kappa shape index (κ1) is 14.6. The number of rotatable bonds is 8. The van der Waals surface area contributed by atoms with E-state index >= 15 is 0 Å². The van der Waals surface area contributed by atoms with Crippen LogP contribution < -0.4 is 0 Å². The third kappa shape index (κ3) is 4.78. The van der Waals surface area contributed by atoms with Crippen molar-refractivity contribution in [3.05, 3.63) is 23.8 Å². The third-order valence-electron chi connectivity index (χ3n) is 3.04. The molecular formula is C15H22O3. The summed E-state index contributed by atoms with van der Waals surface area (Å²) in [6, 6.07) is 4.10. The van der Waals surface area contributed by atoms with Crippen molar-refractivity contribution in [2.45, 2.75) is 51.9 Å². The van der Waals surface area contributed by atoms with Crippen LogP contribution in [0.25, 0.3) is 0 Å². The van der Waals surface area contributed by atoms with Gasteiger partial charge in [0.05, 0.1) is 5.56 Å². The van der Waals surface area contributed by atoms with Crippen molar-refractivity contribution in [3.63, 3.8) is 0 Å². The summed E-state index contributed by atoms with van der Waals surface area (Å²) in [5.74, 6) is -0.211. The predicted octanol–water partition coefficient (Wildman–Crippen LogP) is 4.03. The lowest BCUT2D eigenvalue weighted by Crippen LogP contribution is -1.99. The normalized spacial score (nSPS) is 10.5. The molecule has 0 aromatic heterocycles. The molecule has 0 fully saturated rings. The molecule has 0 aliphatic carbocycles. The minimum atomic E-state index is -0.133. The molecule has 0 bridgehead atoms. The smallest absolute Gasteiger partial charge is 0.166 e. The van der Waals surface area contributed by atoms with Gasteiger partial charge in [0, 0.05) is 12.5 Å². The van der Waals surface area contributed by atoms with Gasteiger partial charge in [0.25, 0.3) is 0 Å². The molecule has 0 amide bonds. The Bertz CT molecular complexity index is 385. The summed E-state index contributed by atoms with van der Waals surface area (Å²) in [4.78, 5) is 11.8. The Balaban J connectivity index is 2.32. The summed E-state index contributed by atoms with van der Waals surface area (Å²) < 4.78 is 0. The van der Waals surface area contributed by atoms with Gasteiger partial charge in [-0.3, -0.25) is 4.79 Å². The molecule has 1 rings (SSSR count). The number of ketones is 1. The fourth-order valence-corrected chi connectivity index (χ4v) is 1.96. The summed E-state index contributed by atoms with van der Waals surface area (Å²) in [5.41, 5.74) is 0.307. The summed E-state index contributed by atoms with van der Waals surface area (Å²) in [5, 5.41) is 18.7. The van der Waals surface area contributed by atoms with Crippen molar-refractivity contribution in [3.8, 4) is 11.5 Å². The molecular weight excluding hydrogens is 228 g/mol. The van der Waals surface area contributed by atoms with Gasteiger partial charge < -0.3 is 10.2 Å². The highest BCUT2D eigenvalue weighted by atomic mass is 16.3. The van der Waals surface area contributed by atoms with Crippen LogP contribution in [0.15, 0.2) is 18.2 Å². The minimum absolute atomic E-state index is 0.0244. The van der Waals surface area contributed by atoms with Crippen molar-refractivity contribution < 1.29 is 15.0 Å². The first-order valence-corrected chi connectivity index (χ1v) is 6.70. The average Bonchev–Trinajstić information content (AvgIpc) is 2.33. The van der Waals surface area contributed by atoms with Crippen LogP contribution in [0, 0.1) is 0 Å². The second-order valence-corrected chi connectivity index (χ2v) is 4.64. The number of aromatic hydroxyl groups is 2. The number of Topliss-reactive ketones (excluding diaryl/α,β-unsaturated/α-hetero) is 1. The van der Waals surface area contributed by atoms with E-state index in [1.165, 1.54) is 43.9 Å². The van der Waals surface area contributed by atoms with E-state index in [9.17, 15) is 9.90 Å². The molecule has 0 spiro atoms. The number of carbonyl (C=O) groups is 1. The Morgan fingerprint density at radius 1 is 1.06 bits per heavy atom. The number of hydrogen-bond donors (Lipinski definition) is 2. The van der Waals surface area contributed by atoms with Crippen LogP contribution in [-0.2, 0) is 0 Å². The monoisotopic (exact) mass is 250 g/mol. The number of phenols is 2. The van der Waals surface area contributed by atoms with Gasteiger partial charge in [-0.1, -0.05) is 39.0 Å². The topological polar surface area (TPSA) is 57.5 Å². The number of benzene rings is 1. The number of carbonyl (C=O) groups excluding carboxylic acids is 1. The lowest BCUT2D eigenvalue weighted by atomic mass is 10.0. The van der Waals surface area contributed by atoms with E-state index in [1.807, 2.05) is 0 Å². The SMILES string of the molecule is CCCCCCCCC(=O)c1ccc(O)cc1O. The molecule has 0 heterocycles. The lowest BCUT2D eigenvalue weighted by Gasteiger charge is -2.04. The van der Waals surface area contributed by atoms with Crippen LogP contribution in [0.2, 0.25) is 0 Å². The Labute approximate surface area is 108 Å². The fraction of sp³-hybridized carbons (Fsp3) is 0.533. The Morgan fingerprint density at radius 3 is 2.39 bits per heavy atom. The Morgan fingerprint density at radius 2 is 1.72 bits per heavy atom. The molecule has 0 saturated carbocycles. The van der Waals surface area contributed by atoms with Gasteiger partial charge in [-0.25, -0.2) is 0 Å². The number of unbranched alkanes of at least 4 members (excludes halogenated alkanes) is 5. The van der Waals surface area contributed by atoms with E-state index < -0.39 is 0 Å². The van der Waals surface area contributed by atoms with Crippen molar-refractivity contribution in [2.24, 2.45) is 0 Å². The van der Waals surface area contributed by atoms with Crippen LogP contribution in [0.3, 0.4) is 0 Å². The van der Waals surface area contributed by atoms with E-state index in [0.717, 1.165) is 12.8 Å². The lowest BCUT2D eigenvalue weighted by molar-refractivity contribution is 0.0976. The zero-order valence-corrected chi connectivity index (χ0v) is 11.0. The maximum Gasteiger partial charge on any atom is 0.166 e. The summed E-state index contributed by atoms with van der Waals surface area (Å²) in [6.07, 6.45) is 7.27. The van der Waals surface area contributed by atoms with Crippen LogP contribution in [-0.4, -0.2) is 16.0 Å². The molecule has 18 heavy (non-hydrogen) atoms. The zero-order valence-electron chi connectivity index (χ0n) is 11.0. The number of phenolic OH excluding ortho intramolecular Hbond substituents is 2. The third-order valence-corrected chi connectivity index (χ3v) is 3.04. The number of hydrogen-bond acceptors (Lipinski definition) is 3. The van der Waals surface area contributed by atoms with Gasteiger partial charge in [-0.15, -0.1) is 0 Å². The molecule has 100 valence electrons. The van der Waals surface area contributed by atoms with Crippen molar-refractivity contribution in [2.75, 3.05) is 0 Å². The molecule has 1 aromatic carbocycles. The summed E-state index contributed by atoms with van der Waals surface area (Å²) in [7, 11) is 0. The van der Waals surface area contributed by atoms with E-state index in [2.05, 4.69) is 6.92 Å². The molecule has 0 unspecified atom stereocenters. The van der Waals surface area contributed by atoms with Crippen LogP contribution >= 0.6 is 0 Å². The molecule has 2 N–H and O–H groups in total. The maximum absolute atomic E-state index is 11.8. The molecule has 0 aliphatic heterocycles. The van der Waals surface area contributed by atoms with E-state index in [4.69, 9.17) is 5.11 Å². The second kappa shape index (κ2) is 7.75. The summed E-state index contributed by atoms with van der Waals surface area (Å²) in [6.45, 7) is 2.18. The fourth-order valence-electron chi connectivity index (χ4n) is 1.96. The van der Waals surface area contributed by atoms with E-state index in [0.29, 0.717) is 12.0 Å². The molecule has 0 atom stereocenters. The van der Waals surface area contributed by atoms with Gasteiger partial charge in [0.1, 0.15) is 11.5 Å². The average molecular weight is 250 g/mol. The Hall–Kier alpha value is -1.51. The first-order valence-electron chi connectivity index (χ1n) is 6.70. The van der Waals surface area contributed by atoms with Gasteiger partial charge >= 0.3 is 0 Å². The molecule has 3 heteroatoms. The molecule has 1 aromatic rings. The molecule has 3 nitrogen and oxygen atoms in total. The highest BCUT2D eigenvalue weighted by Crippen LogP contribution is 2.24. The van der Waals surface area contributed by atoms with Gasteiger partial charge in [-0.2, -0.15) is 0 Å².